The molecule has 29 heavy (non-hydrogen) atoms. The Morgan fingerprint density at radius 3 is 2.69 bits per heavy atom. The molecule has 8 N–H and O–H groups in total. The Labute approximate surface area is 170 Å². The lowest BCUT2D eigenvalue weighted by molar-refractivity contribution is -0.123. The first kappa shape index (κ1) is 22.1. The van der Waals surface area contributed by atoms with E-state index in [2.05, 4.69) is 10.3 Å². The summed E-state index contributed by atoms with van der Waals surface area (Å²) in [5, 5.41) is 11.7. The third-order valence-electron chi connectivity index (χ3n) is 3.90. The maximum absolute atomic E-state index is 13.6. The van der Waals surface area contributed by atoms with E-state index in [1.807, 2.05) is 0 Å². The first-order valence-corrected chi connectivity index (χ1v) is 9.35. The Bertz CT molecular complexity index is 960. The van der Waals surface area contributed by atoms with Crippen molar-refractivity contribution in [2.24, 2.45) is 16.5 Å². The van der Waals surface area contributed by atoms with E-state index in [9.17, 15) is 14.0 Å². The number of hydrogen-bond acceptors (Lipinski definition) is 7. The summed E-state index contributed by atoms with van der Waals surface area (Å²) in [6.07, 6.45) is -1.01. The van der Waals surface area contributed by atoms with Crippen LogP contribution in [0.5, 0.6) is 5.75 Å². The van der Waals surface area contributed by atoms with Gasteiger partial charge in [-0.1, -0.05) is 0 Å². The maximum Gasteiger partial charge on any atom is 0.261 e. The molecule has 0 aliphatic carbocycles. The van der Waals surface area contributed by atoms with E-state index in [-0.39, 0.29) is 35.4 Å². The Kier molecular flexibility index (Phi) is 7.13. The number of aliphatic hydroxyl groups is 1. The second kappa shape index (κ2) is 9.34. The van der Waals surface area contributed by atoms with Crippen molar-refractivity contribution in [1.29, 1.82) is 0 Å². The van der Waals surface area contributed by atoms with Crippen molar-refractivity contribution >= 4 is 39.7 Å². The number of rotatable bonds is 8. The summed E-state index contributed by atoms with van der Waals surface area (Å²) in [6.45, 7) is 2.99. The molecular weight excluding hydrogens is 401 g/mol. The van der Waals surface area contributed by atoms with Crippen LogP contribution in [0.4, 0.5) is 15.1 Å². The summed E-state index contributed by atoms with van der Waals surface area (Å²) >= 11 is 1.03. The predicted octanol–water partition coefficient (Wildman–Crippen LogP) is 0.790. The van der Waals surface area contributed by atoms with Crippen LogP contribution in [0.3, 0.4) is 0 Å². The van der Waals surface area contributed by atoms with E-state index in [4.69, 9.17) is 27.0 Å². The number of nitrogens with two attached hydrogens (primary N) is 3. The number of amidine groups is 1. The van der Waals surface area contributed by atoms with E-state index in [0.717, 1.165) is 23.5 Å². The highest BCUT2D eigenvalue weighted by molar-refractivity contribution is 7.18. The number of thiophene rings is 1. The summed E-state index contributed by atoms with van der Waals surface area (Å²) in [6, 6.07) is 3.55. The monoisotopic (exact) mass is 423 g/mol. The van der Waals surface area contributed by atoms with Gasteiger partial charge < -0.3 is 32.4 Å². The van der Waals surface area contributed by atoms with Crippen molar-refractivity contribution in [1.82, 2.24) is 5.32 Å². The Hall–Kier alpha value is -3.18. The molecule has 1 heterocycles. The molecule has 9 nitrogen and oxygen atoms in total. The molecule has 2 rings (SSSR count). The second-order valence-electron chi connectivity index (χ2n) is 6.05. The average Bonchev–Trinajstić information content (AvgIpc) is 2.96. The summed E-state index contributed by atoms with van der Waals surface area (Å²) in [5.41, 5.74) is 18.3. The van der Waals surface area contributed by atoms with E-state index >= 15 is 0 Å². The number of aliphatic hydroxyl groups excluding tert-OH is 1. The van der Waals surface area contributed by atoms with Crippen LogP contribution in [-0.2, 0) is 4.79 Å². The zero-order valence-corrected chi connectivity index (χ0v) is 16.7. The Morgan fingerprint density at radius 1 is 1.38 bits per heavy atom. The number of nitrogens with one attached hydrogen (secondary N) is 1. The molecule has 156 valence electrons. The molecule has 1 aromatic heterocycles. The zero-order chi connectivity index (χ0) is 21.7. The van der Waals surface area contributed by atoms with Crippen LogP contribution in [-0.4, -0.2) is 42.0 Å². The lowest BCUT2D eigenvalue weighted by atomic mass is 10.1. The minimum absolute atomic E-state index is 0.0133. The first-order valence-electron chi connectivity index (χ1n) is 8.53. The zero-order valence-electron chi connectivity index (χ0n) is 15.9. The van der Waals surface area contributed by atoms with Crippen molar-refractivity contribution in [2.75, 3.05) is 18.9 Å². The number of anilines is 1. The number of benzene rings is 1. The number of hydrogen-bond donors (Lipinski definition) is 5. The quantitative estimate of drug-likeness (QED) is 0.311. The highest BCUT2D eigenvalue weighted by Gasteiger charge is 2.21. The molecule has 1 aromatic carbocycles. The number of carbonyl (C=O) groups is 2. The minimum Gasteiger partial charge on any atom is -0.479 e. The smallest absolute Gasteiger partial charge is 0.261 e. The van der Waals surface area contributed by atoms with E-state index in [1.165, 1.54) is 13.0 Å². The van der Waals surface area contributed by atoms with Gasteiger partial charge in [0.1, 0.15) is 23.1 Å². The van der Waals surface area contributed by atoms with Gasteiger partial charge >= 0.3 is 0 Å². The van der Waals surface area contributed by atoms with Gasteiger partial charge in [-0.2, -0.15) is 0 Å². The van der Waals surface area contributed by atoms with Crippen LogP contribution in [0.25, 0.3) is 0 Å². The van der Waals surface area contributed by atoms with Crippen LogP contribution in [0.2, 0.25) is 0 Å². The molecule has 0 fully saturated rings. The van der Waals surface area contributed by atoms with Crippen molar-refractivity contribution in [3.8, 4) is 5.75 Å². The average molecular weight is 423 g/mol. The van der Waals surface area contributed by atoms with Gasteiger partial charge in [0.15, 0.2) is 6.10 Å². The fourth-order valence-electron chi connectivity index (χ4n) is 2.43. The summed E-state index contributed by atoms with van der Waals surface area (Å²) in [7, 11) is 0. The predicted molar refractivity (Wildman–Crippen MR) is 109 cm³/mol. The number of primary amides is 1. The fraction of sp³-hybridized carbons (Fsp3) is 0.278. The molecule has 2 amide bonds. The summed E-state index contributed by atoms with van der Waals surface area (Å²) in [5.74, 6) is -1.75. The van der Waals surface area contributed by atoms with Crippen LogP contribution >= 0.6 is 11.3 Å². The number of carbonyl (C=O) groups excluding carboxylic acids is 2. The van der Waals surface area contributed by atoms with E-state index < -0.39 is 23.7 Å². The fourth-order valence-corrected chi connectivity index (χ4v) is 3.43. The standard InChI is InChI=1S/C18H22FN5O4S/c1-8-13(17(22)29-14(8)18(27)23-5-6-25)15(20)24-11-4-3-10(19)7-12(11)28-9(2)16(21)26/h3-4,7,9,25H,5-6,22H2,1-2H3,(H2,20,24)(H2,21,26)(H,23,27). The molecular formula is C18H22FN5O4S. The third-order valence-corrected chi connectivity index (χ3v) is 5.02. The van der Waals surface area contributed by atoms with Crippen molar-refractivity contribution in [3.05, 3.63) is 40.0 Å². The molecule has 1 atom stereocenters. The molecule has 0 radical (unpaired) electrons. The number of halogens is 1. The van der Waals surface area contributed by atoms with Crippen LogP contribution in [0.15, 0.2) is 23.2 Å². The van der Waals surface area contributed by atoms with Crippen molar-refractivity contribution in [3.63, 3.8) is 0 Å². The lowest BCUT2D eigenvalue weighted by Gasteiger charge is -2.13. The van der Waals surface area contributed by atoms with Gasteiger partial charge in [0.05, 0.1) is 22.0 Å². The highest BCUT2D eigenvalue weighted by Crippen LogP contribution is 2.33. The van der Waals surface area contributed by atoms with Crippen LogP contribution < -0.4 is 27.3 Å². The molecule has 0 aliphatic heterocycles. The van der Waals surface area contributed by atoms with Gasteiger partial charge in [-0.25, -0.2) is 9.38 Å². The largest absolute Gasteiger partial charge is 0.479 e. The second-order valence-corrected chi connectivity index (χ2v) is 7.10. The van der Waals surface area contributed by atoms with E-state index in [1.54, 1.807) is 6.92 Å². The van der Waals surface area contributed by atoms with Gasteiger partial charge in [-0.15, -0.1) is 11.3 Å². The number of nitrogens with zero attached hydrogens (tertiary/aromatic N) is 1. The van der Waals surface area contributed by atoms with Crippen molar-refractivity contribution in [2.45, 2.75) is 20.0 Å². The summed E-state index contributed by atoms with van der Waals surface area (Å²) in [4.78, 5) is 28.0. The molecule has 2 aromatic rings. The third kappa shape index (κ3) is 5.21. The molecule has 1 unspecified atom stereocenters. The van der Waals surface area contributed by atoms with Crippen LogP contribution in [0, 0.1) is 12.7 Å². The van der Waals surface area contributed by atoms with Gasteiger partial charge in [0.25, 0.3) is 11.8 Å². The van der Waals surface area contributed by atoms with Gasteiger partial charge in [-0.05, 0) is 31.5 Å². The number of amides is 2. The maximum atomic E-state index is 13.6. The number of ether oxygens (including phenoxy) is 1. The molecule has 0 bridgehead atoms. The Morgan fingerprint density at radius 2 is 2.07 bits per heavy atom. The molecule has 0 saturated heterocycles. The topological polar surface area (TPSA) is 166 Å². The van der Waals surface area contributed by atoms with Gasteiger partial charge in [0.2, 0.25) is 0 Å². The lowest BCUT2D eigenvalue weighted by Crippen LogP contribution is -2.30. The molecule has 0 spiro atoms. The first-order chi connectivity index (χ1) is 13.6. The summed E-state index contributed by atoms with van der Waals surface area (Å²) < 4.78 is 19.0. The number of nitrogen functional groups attached to an aromatic ring is 1. The van der Waals surface area contributed by atoms with Gasteiger partial charge in [0, 0.05) is 12.6 Å². The molecule has 0 saturated carbocycles. The molecule has 11 heteroatoms. The minimum atomic E-state index is -1.01. The van der Waals surface area contributed by atoms with Crippen molar-refractivity contribution < 1.29 is 23.8 Å². The van der Waals surface area contributed by atoms with Gasteiger partial charge in [-0.3, -0.25) is 9.59 Å². The highest BCUT2D eigenvalue weighted by atomic mass is 32.1. The van der Waals surface area contributed by atoms with Crippen LogP contribution in [0.1, 0.15) is 27.7 Å². The molecule has 0 aliphatic rings. The normalized spacial score (nSPS) is 12.5. The van der Waals surface area contributed by atoms with E-state index in [0.29, 0.717) is 16.0 Å². The number of aliphatic imine (C=N–C) groups is 1. The Balaban J connectivity index is 2.43. The SMILES string of the molecule is Cc1c(C(=O)NCCO)sc(N)c1C(N)=Nc1ccc(F)cc1OC(C)C(N)=O.